The minimum atomic E-state index is -0.242. The summed E-state index contributed by atoms with van der Waals surface area (Å²) in [5.74, 6) is -0.242. The van der Waals surface area contributed by atoms with Gasteiger partial charge in [0.15, 0.2) is 0 Å². The fourth-order valence-corrected chi connectivity index (χ4v) is 2.97. The molecule has 3 atom stereocenters. The van der Waals surface area contributed by atoms with Crippen LogP contribution in [0.4, 0.5) is 0 Å². The smallest absolute Gasteiger partial charge is 0.338 e. The van der Waals surface area contributed by atoms with Crippen LogP contribution < -0.4 is 0 Å². The second-order valence-electron chi connectivity index (χ2n) is 5.72. The van der Waals surface area contributed by atoms with Gasteiger partial charge < -0.3 is 9.47 Å². The van der Waals surface area contributed by atoms with E-state index >= 15 is 0 Å². The van der Waals surface area contributed by atoms with Gasteiger partial charge in [-0.25, -0.2) is 4.79 Å². The molecule has 2 fully saturated rings. The number of likely N-dealkylation sites (tertiary alicyclic amines) is 1. The Morgan fingerprint density at radius 1 is 1.30 bits per heavy atom. The number of hydrogen-bond donors (Lipinski definition) is 0. The first-order valence-corrected chi connectivity index (χ1v) is 7.34. The van der Waals surface area contributed by atoms with Crippen molar-refractivity contribution >= 4 is 5.97 Å². The Morgan fingerprint density at radius 3 is 2.60 bits per heavy atom. The molecule has 0 spiro atoms. The molecule has 4 heteroatoms. The van der Waals surface area contributed by atoms with Crippen molar-refractivity contribution in [3.8, 4) is 0 Å². The maximum Gasteiger partial charge on any atom is 0.338 e. The van der Waals surface area contributed by atoms with E-state index < -0.39 is 0 Å². The largest absolute Gasteiger partial charge is 0.460 e. The van der Waals surface area contributed by atoms with Crippen molar-refractivity contribution < 1.29 is 14.3 Å². The van der Waals surface area contributed by atoms with Crippen LogP contribution in [0.1, 0.15) is 30.1 Å². The van der Waals surface area contributed by atoms with Crippen molar-refractivity contribution in [1.29, 1.82) is 0 Å². The Hall–Kier alpha value is -1.39. The van der Waals surface area contributed by atoms with Crippen LogP contribution in [0.25, 0.3) is 0 Å². The fraction of sp³-hybridized carbons (Fsp3) is 0.562. The summed E-state index contributed by atoms with van der Waals surface area (Å²) in [5.41, 5.74) is 0.613. The quantitative estimate of drug-likeness (QED) is 0.789. The van der Waals surface area contributed by atoms with Gasteiger partial charge in [-0.05, 0) is 31.9 Å². The van der Waals surface area contributed by atoms with Gasteiger partial charge in [-0.15, -0.1) is 0 Å². The number of esters is 1. The maximum absolute atomic E-state index is 11.9. The zero-order chi connectivity index (χ0) is 13.9. The Labute approximate surface area is 119 Å². The zero-order valence-corrected chi connectivity index (χ0v) is 11.8. The summed E-state index contributed by atoms with van der Waals surface area (Å²) in [6.07, 6.45) is 3.08. The van der Waals surface area contributed by atoms with E-state index in [9.17, 15) is 4.79 Å². The SMILES string of the molecule is C[C@H](COC(=O)c1ccccc1)N1C[C@H]2CC[C@@H](C1)O2. The number of morpholine rings is 1. The molecule has 1 aromatic carbocycles. The molecule has 3 rings (SSSR count). The molecule has 0 radical (unpaired) electrons. The molecule has 20 heavy (non-hydrogen) atoms. The summed E-state index contributed by atoms with van der Waals surface area (Å²) < 4.78 is 11.2. The predicted octanol–water partition coefficient (Wildman–Crippen LogP) is 2.10. The number of carbonyl (C=O) groups is 1. The third-order valence-corrected chi connectivity index (χ3v) is 4.16. The van der Waals surface area contributed by atoms with Crippen LogP contribution >= 0.6 is 0 Å². The number of nitrogens with zero attached hydrogens (tertiary/aromatic N) is 1. The highest BCUT2D eigenvalue weighted by Gasteiger charge is 2.35. The summed E-state index contributed by atoms with van der Waals surface area (Å²) in [4.78, 5) is 14.3. The highest BCUT2D eigenvalue weighted by atomic mass is 16.5. The fourth-order valence-electron chi connectivity index (χ4n) is 2.97. The second kappa shape index (κ2) is 5.94. The van der Waals surface area contributed by atoms with Crippen molar-refractivity contribution in [1.82, 2.24) is 4.90 Å². The first-order chi connectivity index (χ1) is 9.72. The van der Waals surface area contributed by atoms with E-state index in [2.05, 4.69) is 11.8 Å². The summed E-state index contributed by atoms with van der Waals surface area (Å²) >= 11 is 0. The Bertz CT molecular complexity index is 450. The first-order valence-electron chi connectivity index (χ1n) is 7.34. The van der Waals surface area contributed by atoms with Crippen molar-refractivity contribution in [3.63, 3.8) is 0 Å². The average molecular weight is 275 g/mol. The van der Waals surface area contributed by atoms with E-state index in [0.29, 0.717) is 24.4 Å². The Morgan fingerprint density at radius 2 is 1.95 bits per heavy atom. The first kappa shape index (κ1) is 13.6. The molecule has 0 saturated carbocycles. The van der Waals surface area contributed by atoms with E-state index in [1.807, 2.05) is 18.2 Å². The third-order valence-electron chi connectivity index (χ3n) is 4.16. The lowest BCUT2D eigenvalue weighted by atomic mass is 10.2. The lowest BCUT2D eigenvalue weighted by Gasteiger charge is -2.36. The number of benzene rings is 1. The highest BCUT2D eigenvalue weighted by Crippen LogP contribution is 2.27. The normalized spacial score (nSPS) is 27.2. The van der Waals surface area contributed by atoms with Crippen LogP contribution in [0.2, 0.25) is 0 Å². The van der Waals surface area contributed by atoms with Gasteiger partial charge in [0, 0.05) is 19.1 Å². The molecule has 0 aliphatic carbocycles. The summed E-state index contributed by atoms with van der Waals surface area (Å²) in [5, 5.41) is 0. The minimum absolute atomic E-state index is 0.242. The van der Waals surface area contributed by atoms with Gasteiger partial charge in [-0.2, -0.15) is 0 Å². The van der Waals surface area contributed by atoms with Crippen LogP contribution in [0, 0.1) is 0 Å². The van der Waals surface area contributed by atoms with E-state index in [1.54, 1.807) is 12.1 Å². The molecule has 0 unspecified atom stereocenters. The molecule has 0 amide bonds. The molecule has 2 heterocycles. The molecule has 108 valence electrons. The number of rotatable bonds is 4. The van der Waals surface area contributed by atoms with Crippen molar-refractivity contribution in [2.24, 2.45) is 0 Å². The predicted molar refractivity (Wildman–Crippen MR) is 75.7 cm³/mol. The summed E-state index contributed by atoms with van der Waals surface area (Å²) in [6, 6.07) is 9.39. The Kier molecular flexibility index (Phi) is 4.03. The molecule has 4 nitrogen and oxygen atoms in total. The molecule has 2 aliphatic heterocycles. The number of ether oxygens (including phenoxy) is 2. The zero-order valence-electron chi connectivity index (χ0n) is 11.8. The molecule has 1 aromatic rings. The number of fused-ring (bicyclic) bond motifs is 2. The lowest BCUT2D eigenvalue weighted by Crippen LogP contribution is -2.48. The van der Waals surface area contributed by atoms with E-state index in [0.717, 1.165) is 25.9 Å². The summed E-state index contributed by atoms with van der Waals surface area (Å²) in [7, 11) is 0. The molecular weight excluding hydrogens is 254 g/mol. The number of hydrogen-bond acceptors (Lipinski definition) is 4. The van der Waals surface area contributed by atoms with Gasteiger partial charge in [-0.3, -0.25) is 4.90 Å². The van der Waals surface area contributed by atoms with Crippen LogP contribution in [0.15, 0.2) is 30.3 Å². The van der Waals surface area contributed by atoms with Crippen molar-refractivity contribution in [2.45, 2.75) is 38.0 Å². The third kappa shape index (κ3) is 3.02. The average Bonchev–Trinajstić information content (AvgIpc) is 2.83. The van der Waals surface area contributed by atoms with Crippen LogP contribution in [-0.4, -0.2) is 48.8 Å². The maximum atomic E-state index is 11.9. The van der Waals surface area contributed by atoms with Crippen LogP contribution in [-0.2, 0) is 9.47 Å². The standard InChI is InChI=1S/C16H21NO3/c1-12(17-9-14-7-8-15(10-17)20-14)11-19-16(18)13-5-3-2-4-6-13/h2-6,12,14-15H,7-11H2,1H3/t12-,14-,15+/m1/s1. The summed E-state index contributed by atoms with van der Waals surface area (Å²) in [6.45, 7) is 4.47. The van der Waals surface area contributed by atoms with Crippen molar-refractivity contribution in [2.75, 3.05) is 19.7 Å². The molecule has 2 saturated heterocycles. The molecular formula is C16H21NO3. The molecule has 2 aliphatic rings. The van der Waals surface area contributed by atoms with Gasteiger partial charge in [0.1, 0.15) is 6.61 Å². The Balaban J connectivity index is 1.50. The van der Waals surface area contributed by atoms with E-state index in [1.165, 1.54) is 0 Å². The van der Waals surface area contributed by atoms with Crippen LogP contribution in [0.3, 0.4) is 0 Å². The van der Waals surface area contributed by atoms with Gasteiger partial charge >= 0.3 is 5.97 Å². The van der Waals surface area contributed by atoms with Gasteiger partial charge in [0.2, 0.25) is 0 Å². The monoisotopic (exact) mass is 275 g/mol. The van der Waals surface area contributed by atoms with Gasteiger partial charge in [0.05, 0.1) is 17.8 Å². The topological polar surface area (TPSA) is 38.8 Å². The van der Waals surface area contributed by atoms with Gasteiger partial charge in [0.25, 0.3) is 0 Å². The van der Waals surface area contributed by atoms with Crippen LogP contribution in [0.5, 0.6) is 0 Å². The molecule has 0 N–H and O–H groups in total. The highest BCUT2D eigenvalue weighted by molar-refractivity contribution is 5.89. The number of carbonyl (C=O) groups excluding carboxylic acids is 1. The van der Waals surface area contributed by atoms with Gasteiger partial charge in [-0.1, -0.05) is 18.2 Å². The van der Waals surface area contributed by atoms with E-state index in [-0.39, 0.29) is 12.0 Å². The lowest BCUT2D eigenvalue weighted by molar-refractivity contribution is -0.0584. The van der Waals surface area contributed by atoms with Crippen molar-refractivity contribution in [3.05, 3.63) is 35.9 Å². The second-order valence-corrected chi connectivity index (χ2v) is 5.72. The van der Waals surface area contributed by atoms with E-state index in [4.69, 9.17) is 9.47 Å². The minimum Gasteiger partial charge on any atom is -0.460 e. The molecule has 0 aromatic heterocycles. The molecule has 2 bridgehead atoms.